The number of piperidine rings is 2. The van der Waals surface area contributed by atoms with Crippen LogP contribution in [0.15, 0.2) is 18.2 Å². The third kappa shape index (κ3) is 3.16. The van der Waals surface area contributed by atoms with E-state index in [-0.39, 0.29) is 17.7 Å². The van der Waals surface area contributed by atoms with Crippen LogP contribution in [0.4, 0.5) is 5.69 Å². The van der Waals surface area contributed by atoms with Gasteiger partial charge in [0.1, 0.15) is 0 Å². The van der Waals surface area contributed by atoms with Crippen molar-refractivity contribution in [3.05, 3.63) is 23.9 Å². The number of nitrogens with one attached hydrogen (secondary N) is 3. The normalized spacial score (nSPS) is 30.3. The smallest absolute Gasteiger partial charge is 0.235 e. The third-order valence-electron chi connectivity index (χ3n) is 6.07. The minimum absolute atomic E-state index is 0.204. The molecule has 1 aromatic heterocycles. The summed E-state index contributed by atoms with van der Waals surface area (Å²) in [6.45, 7) is 1.57. The minimum Gasteiger partial charge on any atom is -0.382 e. The lowest BCUT2D eigenvalue weighted by molar-refractivity contribution is -0.134. The number of aromatic nitrogens is 2. The molecule has 3 aliphatic heterocycles. The highest BCUT2D eigenvalue weighted by Gasteiger charge is 2.33. The number of hydrogen-bond donors (Lipinski definition) is 3. The Kier molecular flexibility index (Phi) is 4.32. The molecule has 0 radical (unpaired) electrons. The first kappa shape index (κ1) is 17.6. The van der Waals surface area contributed by atoms with Crippen molar-refractivity contribution in [1.29, 1.82) is 0 Å². The molecule has 1 aromatic carbocycles. The van der Waals surface area contributed by atoms with E-state index in [4.69, 9.17) is 4.74 Å². The first-order valence-electron chi connectivity index (χ1n) is 9.97. The molecule has 4 atom stereocenters. The van der Waals surface area contributed by atoms with E-state index >= 15 is 0 Å². The Hall–Kier alpha value is -2.45. The zero-order valence-electron chi connectivity index (χ0n) is 15.9. The lowest BCUT2D eigenvalue weighted by Gasteiger charge is -2.40. The van der Waals surface area contributed by atoms with Crippen molar-refractivity contribution < 1.29 is 14.3 Å². The zero-order valence-corrected chi connectivity index (χ0v) is 15.9. The fraction of sp³-hybridized carbons (Fsp3) is 0.550. The van der Waals surface area contributed by atoms with Gasteiger partial charge in [-0.2, -0.15) is 5.10 Å². The van der Waals surface area contributed by atoms with Crippen molar-refractivity contribution in [1.82, 2.24) is 20.4 Å². The number of amides is 2. The maximum atomic E-state index is 12.3. The zero-order chi connectivity index (χ0) is 19.3. The monoisotopic (exact) mass is 383 g/mol. The van der Waals surface area contributed by atoms with Crippen molar-refractivity contribution >= 4 is 28.4 Å². The number of carbonyl (C=O) groups is 2. The van der Waals surface area contributed by atoms with Crippen LogP contribution in [0, 0.1) is 0 Å². The lowest BCUT2D eigenvalue weighted by atomic mass is 9.92. The van der Waals surface area contributed by atoms with Gasteiger partial charge in [0.25, 0.3) is 0 Å². The molecule has 28 heavy (non-hydrogen) atoms. The van der Waals surface area contributed by atoms with Gasteiger partial charge in [0.05, 0.1) is 30.3 Å². The number of anilines is 1. The number of benzene rings is 1. The summed E-state index contributed by atoms with van der Waals surface area (Å²) in [5.41, 5.74) is 2.81. The molecule has 2 unspecified atom stereocenters. The van der Waals surface area contributed by atoms with E-state index in [0.717, 1.165) is 48.3 Å². The number of hydrogen-bond acceptors (Lipinski definition) is 6. The van der Waals surface area contributed by atoms with Crippen LogP contribution in [-0.2, 0) is 21.4 Å². The first-order chi connectivity index (χ1) is 13.6. The average Bonchev–Trinajstić information content (AvgIpc) is 2.98. The van der Waals surface area contributed by atoms with E-state index in [2.05, 4.69) is 33.2 Å². The summed E-state index contributed by atoms with van der Waals surface area (Å²) in [5.74, 6) is -0.823. The van der Waals surface area contributed by atoms with Crippen LogP contribution in [0.3, 0.4) is 0 Å². The predicted octanol–water partition coefficient (Wildman–Crippen LogP) is 1.02. The van der Waals surface area contributed by atoms with E-state index in [1.54, 1.807) is 0 Å². The highest BCUT2D eigenvalue weighted by atomic mass is 16.5. The number of fused-ring (bicyclic) bond motifs is 3. The number of nitrogens with zero attached hydrogens (tertiary/aromatic N) is 2. The highest BCUT2D eigenvalue weighted by molar-refractivity contribution is 6.02. The summed E-state index contributed by atoms with van der Waals surface area (Å²) < 4.78 is 7.45. The predicted molar refractivity (Wildman–Crippen MR) is 104 cm³/mol. The van der Waals surface area contributed by atoms with E-state index in [0.29, 0.717) is 31.0 Å². The van der Waals surface area contributed by atoms with Crippen LogP contribution in [-0.4, -0.2) is 52.9 Å². The number of ether oxygens (including phenoxy) is 1. The Bertz CT molecular complexity index is 927. The second kappa shape index (κ2) is 6.86. The van der Waals surface area contributed by atoms with E-state index < -0.39 is 0 Å². The molecule has 2 bridgehead atoms. The molecule has 3 saturated heterocycles. The van der Waals surface area contributed by atoms with Gasteiger partial charge in [-0.25, -0.2) is 0 Å². The number of aryl methyl sites for hydroxylation is 1. The number of imide groups is 1. The molecular weight excluding hydrogens is 358 g/mol. The largest absolute Gasteiger partial charge is 0.382 e. The fourth-order valence-corrected chi connectivity index (χ4v) is 4.78. The molecule has 0 spiro atoms. The van der Waals surface area contributed by atoms with Crippen molar-refractivity contribution in [3.63, 3.8) is 0 Å². The highest BCUT2D eigenvalue weighted by Crippen LogP contribution is 2.32. The van der Waals surface area contributed by atoms with E-state index in [9.17, 15) is 9.59 Å². The Morgan fingerprint density at radius 1 is 1.21 bits per heavy atom. The topological polar surface area (TPSA) is 97.3 Å². The summed E-state index contributed by atoms with van der Waals surface area (Å²) in [6, 6.07) is 7.46. The molecule has 3 fully saturated rings. The van der Waals surface area contributed by atoms with Gasteiger partial charge in [0.15, 0.2) is 0 Å². The Labute approximate surface area is 163 Å². The standard InChI is InChI=1S/C20H25N5O3/c1-25-17-8-11(21-12-6-13-9-28-10-14(7-12)22-13)2-3-15(17)19(24-25)16-4-5-18(26)23-20(16)27/h2-3,8,12-14,16,21-22H,4-7,9-10H2,1H3,(H,23,26,27)/t12?,13-,14+,16?. The van der Waals surface area contributed by atoms with Gasteiger partial charge in [-0.3, -0.25) is 19.6 Å². The molecule has 5 rings (SSSR count). The molecule has 2 aromatic rings. The van der Waals surface area contributed by atoms with Crippen molar-refractivity contribution in [3.8, 4) is 0 Å². The lowest BCUT2D eigenvalue weighted by Crippen LogP contribution is -2.56. The van der Waals surface area contributed by atoms with Gasteiger partial charge in [-0.1, -0.05) is 0 Å². The molecule has 0 saturated carbocycles. The fourth-order valence-electron chi connectivity index (χ4n) is 4.78. The Balaban J connectivity index is 1.39. The second-order valence-electron chi connectivity index (χ2n) is 8.16. The summed E-state index contributed by atoms with van der Waals surface area (Å²) in [4.78, 5) is 23.7. The summed E-state index contributed by atoms with van der Waals surface area (Å²) in [7, 11) is 1.90. The minimum atomic E-state index is -0.371. The van der Waals surface area contributed by atoms with Crippen LogP contribution in [0.5, 0.6) is 0 Å². The van der Waals surface area contributed by atoms with Crippen LogP contribution in [0.2, 0.25) is 0 Å². The molecular formula is C20H25N5O3. The van der Waals surface area contributed by atoms with Crippen LogP contribution in [0.25, 0.3) is 10.9 Å². The van der Waals surface area contributed by atoms with Gasteiger partial charge < -0.3 is 15.4 Å². The number of carbonyl (C=O) groups excluding carboxylic acids is 2. The molecule has 2 amide bonds. The SMILES string of the molecule is Cn1nc(C2CCC(=O)NC2=O)c2ccc(NC3C[C@H]4COC[C@@H](C3)N4)cc21. The average molecular weight is 383 g/mol. The van der Waals surface area contributed by atoms with Crippen molar-refractivity contribution in [2.75, 3.05) is 18.5 Å². The molecule has 3 aliphatic rings. The molecule has 4 heterocycles. The Morgan fingerprint density at radius 2 is 2.00 bits per heavy atom. The summed E-state index contributed by atoms with van der Waals surface area (Å²) >= 11 is 0. The quantitative estimate of drug-likeness (QED) is 0.685. The molecule has 0 aliphatic carbocycles. The molecule has 148 valence electrons. The third-order valence-corrected chi connectivity index (χ3v) is 6.07. The summed E-state index contributed by atoms with van der Waals surface area (Å²) in [5, 5.41) is 15.3. The van der Waals surface area contributed by atoms with Gasteiger partial charge in [-0.05, 0) is 37.5 Å². The maximum Gasteiger partial charge on any atom is 0.235 e. The maximum absolute atomic E-state index is 12.3. The van der Waals surface area contributed by atoms with Crippen molar-refractivity contribution in [2.45, 2.75) is 49.7 Å². The van der Waals surface area contributed by atoms with Crippen LogP contribution >= 0.6 is 0 Å². The van der Waals surface area contributed by atoms with E-state index in [1.165, 1.54) is 0 Å². The van der Waals surface area contributed by atoms with Gasteiger partial charge >= 0.3 is 0 Å². The van der Waals surface area contributed by atoms with Gasteiger partial charge in [-0.15, -0.1) is 0 Å². The molecule has 3 N–H and O–H groups in total. The number of morpholine rings is 1. The molecule has 8 nitrogen and oxygen atoms in total. The van der Waals surface area contributed by atoms with Crippen LogP contribution < -0.4 is 16.0 Å². The van der Waals surface area contributed by atoms with Gasteiger partial charge in [0, 0.05) is 42.7 Å². The Morgan fingerprint density at radius 3 is 2.75 bits per heavy atom. The first-order valence-corrected chi connectivity index (χ1v) is 9.97. The second-order valence-corrected chi connectivity index (χ2v) is 8.16. The molecule has 8 heteroatoms. The number of rotatable bonds is 3. The van der Waals surface area contributed by atoms with E-state index in [1.807, 2.05) is 17.8 Å². The summed E-state index contributed by atoms with van der Waals surface area (Å²) in [6.07, 6.45) is 2.95. The van der Waals surface area contributed by atoms with Gasteiger partial charge in [0.2, 0.25) is 11.8 Å². The van der Waals surface area contributed by atoms with Crippen molar-refractivity contribution in [2.24, 2.45) is 7.05 Å². The van der Waals surface area contributed by atoms with Crippen LogP contribution in [0.1, 0.15) is 37.3 Å².